The van der Waals surface area contributed by atoms with Gasteiger partial charge >= 0.3 is 18.2 Å². The van der Waals surface area contributed by atoms with Crippen LogP contribution in [-0.2, 0) is 26.9 Å². The van der Waals surface area contributed by atoms with Crippen molar-refractivity contribution in [2.75, 3.05) is 11.9 Å². The summed E-state index contributed by atoms with van der Waals surface area (Å²) in [5, 5.41) is 20.5. The molecule has 54 heavy (non-hydrogen) atoms. The predicted octanol–water partition coefficient (Wildman–Crippen LogP) is 8.25. The maximum absolute atomic E-state index is 13.8. The fraction of sp³-hybridized carbons (Fsp3) is 0.400. The largest absolute Gasteiger partial charge is 0.478 e. The number of H-pyrrole nitrogens is 1. The Morgan fingerprint density at radius 1 is 0.926 bits per heavy atom. The lowest BCUT2D eigenvalue weighted by Crippen LogP contribution is -2.37. The number of alkyl carbamates (subject to hydrolysis) is 1. The first-order chi connectivity index (χ1) is 25.4. The van der Waals surface area contributed by atoms with Crippen LogP contribution in [0.4, 0.5) is 23.7 Å². The summed E-state index contributed by atoms with van der Waals surface area (Å²) < 4.78 is 44.3. The maximum Gasteiger partial charge on any atom is 0.451 e. The fourth-order valence-corrected chi connectivity index (χ4v) is 6.59. The van der Waals surface area contributed by atoms with Gasteiger partial charge in [-0.15, -0.1) is 0 Å². The van der Waals surface area contributed by atoms with Gasteiger partial charge in [-0.1, -0.05) is 30.3 Å². The molecule has 1 aliphatic rings. The van der Waals surface area contributed by atoms with E-state index in [0.29, 0.717) is 30.6 Å². The molecule has 14 heteroatoms. The number of nitrogens with one attached hydrogen (secondary N) is 3. The average molecular weight is 748 g/mol. The van der Waals surface area contributed by atoms with Gasteiger partial charge in [0, 0.05) is 36.1 Å². The number of hydrogen-bond acceptors (Lipinski definition) is 7. The molecule has 1 unspecified atom stereocenters. The van der Waals surface area contributed by atoms with E-state index in [1.54, 1.807) is 39.0 Å². The highest BCUT2D eigenvalue weighted by Crippen LogP contribution is 2.32. The van der Waals surface area contributed by atoms with E-state index in [2.05, 4.69) is 20.7 Å². The Bertz CT molecular complexity index is 1960. The molecular weight excluding hydrogens is 703 g/mol. The van der Waals surface area contributed by atoms with Crippen molar-refractivity contribution in [3.63, 3.8) is 0 Å². The second-order valence-electron chi connectivity index (χ2n) is 14.8. The van der Waals surface area contributed by atoms with Gasteiger partial charge in [0.05, 0.1) is 5.56 Å². The molecule has 0 aliphatic heterocycles. The summed E-state index contributed by atoms with van der Waals surface area (Å²) in [4.78, 5) is 54.5. The van der Waals surface area contributed by atoms with Crippen LogP contribution in [0.2, 0.25) is 0 Å². The molecule has 0 saturated heterocycles. The molecule has 2 amide bonds. The number of alkyl halides is 3. The van der Waals surface area contributed by atoms with E-state index in [-0.39, 0.29) is 47.8 Å². The fourth-order valence-electron chi connectivity index (χ4n) is 6.59. The molecule has 1 aliphatic carbocycles. The van der Waals surface area contributed by atoms with E-state index in [4.69, 9.17) is 4.74 Å². The SMILES string of the molecule is Cc1cc(C(=O)O)ccc1-c1ccc(CC(CC(=O)C2CCC(CNC(=O)OC(C)(C)C)CC2)C(=O)Nc2ccc(-c3n[nH]c(C(F)(F)F)n3)cc2)cc1. The number of aryl methyl sites for hydroxylation is 1. The molecule has 286 valence electrons. The van der Waals surface area contributed by atoms with E-state index < -0.39 is 35.6 Å². The minimum absolute atomic E-state index is 0.00429. The number of aromatic nitrogens is 3. The number of carbonyl (C=O) groups excluding carboxylic acids is 3. The minimum Gasteiger partial charge on any atom is -0.478 e. The molecule has 4 aromatic rings. The van der Waals surface area contributed by atoms with Gasteiger partial charge < -0.3 is 20.5 Å². The van der Waals surface area contributed by atoms with Crippen LogP contribution in [0.15, 0.2) is 66.7 Å². The number of nitrogens with zero attached hydrogens (tertiary/aromatic N) is 2. The Hall–Kier alpha value is -5.53. The summed E-state index contributed by atoms with van der Waals surface area (Å²) >= 11 is 0. The molecule has 3 aromatic carbocycles. The first-order valence-corrected chi connectivity index (χ1v) is 17.8. The van der Waals surface area contributed by atoms with Crippen molar-refractivity contribution in [3.05, 3.63) is 89.2 Å². The number of hydrogen-bond donors (Lipinski definition) is 4. The molecule has 1 saturated carbocycles. The standard InChI is InChI=1S/C40H44F3N5O6/c1-23-19-29(36(51)52)15-18-32(23)26-9-5-24(6-10-26)20-30(21-33(49)27-11-7-25(8-12-27)22-44-38(53)54-39(2,3)4)35(50)45-31-16-13-28(14-17-31)34-46-37(48-47-34)40(41,42)43/h5-6,9-10,13-19,25,27,30H,7-8,11-12,20-22H2,1-4H3,(H,44,53)(H,45,50)(H,51,52)(H,46,47,48). The third kappa shape index (κ3) is 10.8. The summed E-state index contributed by atoms with van der Waals surface area (Å²) in [5.41, 5.74) is 3.67. The first kappa shape index (κ1) is 39.7. The molecule has 0 spiro atoms. The van der Waals surface area contributed by atoms with Gasteiger partial charge in [-0.3, -0.25) is 14.7 Å². The van der Waals surface area contributed by atoms with Gasteiger partial charge in [0.1, 0.15) is 11.4 Å². The molecule has 1 fully saturated rings. The molecular formula is C40H44F3N5O6. The Morgan fingerprint density at radius 3 is 2.15 bits per heavy atom. The third-order valence-corrected chi connectivity index (χ3v) is 9.44. The molecule has 4 N–H and O–H groups in total. The average Bonchev–Trinajstić information content (AvgIpc) is 3.62. The Kier molecular flexibility index (Phi) is 12.2. The number of aromatic carboxylic acids is 1. The number of anilines is 1. The number of ketones is 1. The number of carboxylic acids is 1. The van der Waals surface area contributed by atoms with Gasteiger partial charge in [0.25, 0.3) is 0 Å². The van der Waals surface area contributed by atoms with Crippen molar-refractivity contribution in [1.29, 1.82) is 0 Å². The van der Waals surface area contributed by atoms with Gasteiger partial charge in [-0.2, -0.15) is 18.3 Å². The van der Waals surface area contributed by atoms with E-state index in [9.17, 15) is 37.5 Å². The highest BCUT2D eigenvalue weighted by molar-refractivity contribution is 5.96. The van der Waals surface area contributed by atoms with Crippen molar-refractivity contribution < 1.29 is 42.2 Å². The first-order valence-electron chi connectivity index (χ1n) is 17.8. The van der Waals surface area contributed by atoms with Gasteiger partial charge in [-0.05, 0) is 124 Å². The topological polar surface area (TPSA) is 163 Å². The maximum atomic E-state index is 13.8. The molecule has 1 heterocycles. The Morgan fingerprint density at radius 2 is 1.57 bits per heavy atom. The normalized spacial score (nSPS) is 16.6. The van der Waals surface area contributed by atoms with Crippen LogP contribution >= 0.6 is 0 Å². The zero-order valence-electron chi connectivity index (χ0n) is 30.5. The summed E-state index contributed by atoms with van der Waals surface area (Å²) in [5.74, 6) is -3.50. The third-order valence-electron chi connectivity index (χ3n) is 9.44. The van der Waals surface area contributed by atoms with Crippen LogP contribution in [0.1, 0.15) is 80.2 Å². The molecule has 11 nitrogen and oxygen atoms in total. The number of benzene rings is 3. The molecule has 5 rings (SSSR count). The highest BCUT2D eigenvalue weighted by Gasteiger charge is 2.35. The van der Waals surface area contributed by atoms with Gasteiger partial charge in [0.15, 0.2) is 5.82 Å². The quantitative estimate of drug-likeness (QED) is 0.113. The summed E-state index contributed by atoms with van der Waals surface area (Å²) in [7, 11) is 0. The number of ether oxygens (including phenoxy) is 1. The second-order valence-corrected chi connectivity index (χ2v) is 14.8. The Balaban J connectivity index is 1.27. The molecule has 0 bridgehead atoms. The summed E-state index contributed by atoms with van der Waals surface area (Å²) in [6.45, 7) is 7.69. The van der Waals surface area contributed by atoms with Crippen molar-refractivity contribution in [2.45, 2.75) is 78.0 Å². The molecule has 1 aromatic heterocycles. The van der Waals surface area contributed by atoms with E-state index >= 15 is 0 Å². The van der Waals surface area contributed by atoms with Crippen molar-refractivity contribution >= 4 is 29.4 Å². The van der Waals surface area contributed by atoms with Crippen molar-refractivity contribution in [3.8, 4) is 22.5 Å². The lowest BCUT2D eigenvalue weighted by atomic mass is 9.77. The lowest BCUT2D eigenvalue weighted by molar-refractivity contribution is -0.144. The summed E-state index contributed by atoms with van der Waals surface area (Å²) in [6.07, 6.45) is -2.10. The second kappa shape index (κ2) is 16.6. The minimum atomic E-state index is -4.67. The van der Waals surface area contributed by atoms with E-state index in [0.717, 1.165) is 35.1 Å². The molecule has 1 atom stereocenters. The number of amides is 2. The number of carbonyl (C=O) groups is 4. The number of aromatic amines is 1. The van der Waals surface area contributed by atoms with Crippen LogP contribution in [-0.4, -0.2) is 56.2 Å². The van der Waals surface area contributed by atoms with Crippen molar-refractivity contribution in [2.24, 2.45) is 17.8 Å². The number of halogens is 3. The van der Waals surface area contributed by atoms with Crippen LogP contribution in [0.5, 0.6) is 0 Å². The number of carboxylic acid groups (broad SMARTS) is 1. The van der Waals surface area contributed by atoms with E-state index in [1.165, 1.54) is 24.3 Å². The Labute approximate surface area is 311 Å². The predicted molar refractivity (Wildman–Crippen MR) is 196 cm³/mol. The number of Topliss-reactive ketones (excluding diaryl/α,β-unsaturated/α-hetero) is 1. The lowest BCUT2D eigenvalue weighted by Gasteiger charge is -2.29. The van der Waals surface area contributed by atoms with Crippen LogP contribution < -0.4 is 10.6 Å². The van der Waals surface area contributed by atoms with Gasteiger partial charge in [0.2, 0.25) is 11.7 Å². The van der Waals surface area contributed by atoms with Crippen molar-refractivity contribution in [1.82, 2.24) is 20.5 Å². The number of rotatable bonds is 12. The molecule has 0 radical (unpaired) electrons. The zero-order valence-corrected chi connectivity index (χ0v) is 30.5. The van der Waals surface area contributed by atoms with Gasteiger partial charge in [-0.25, -0.2) is 14.6 Å². The van der Waals surface area contributed by atoms with E-state index in [1.807, 2.05) is 36.3 Å². The summed E-state index contributed by atoms with van der Waals surface area (Å²) in [6, 6.07) is 18.5. The highest BCUT2D eigenvalue weighted by atomic mass is 19.4. The van der Waals surface area contributed by atoms with Crippen LogP contribution in [0.3, 0.4) is 0 Å². The zero-order chi connectivity index (χ0) is 39.2. The monoisotopic (exact) mass is 747 g/mol. The van der Waals surface area contributed by atoms with Crippen LogP contribution in [0.25, 0.3) is 22.5 Å². The van der Waals surface area contributed by atoms with Crippen LogP contribution in [0, 0.1) is 24.7 Å². The smallest absolute Gasteiger partial charge is 0.451 e.